The predicted octanol–water partition coefficient (Wildman–Crippen LogP) is 2.37. The number of alkyl halides is 3. The van der Waals surface area contributed by atoms with Crippen molar-refractivity contribution in [2.45, 2.75) is 64.0 Å². The summed E-state index contributed by atoms with van der Waals surface area (Å²) in [5, 5.41) is 4.50. The van der Waals surface area contributed by atoms with Crippen LogP contribution in [0.4, 0.5) is 13.2 Å². The summed E-state index contributed by atoms with van der Waals surface area (Å²) >= 11 is 0. The van der Waals surface area contributed by atoms with Crippen LogP contribution in [0.3, 0.4) is 0 Å². The van der Waals surface area contributed by atoms with Gasteiger partial charge in [0.25, 0.3) is 0 Å². The molecule has 2 aromatic rings. The van der Waals surface area contributed by atoms with Crippen molar-refractivity contribution in [2.24, 2.45) is 0 Å². The first-order valence-electron chi connectivity index (χ1n) is 11.4. The Morgan fingerprint density at radius 3 is 2.65 bits per heavy atom. The van der Waals surface area contributed by atoms with Crippen molar-refractivity contribution in [3.05, 3.63) is 52.8 Å². The molecule has 2 N–H and O–H groups in total. The van der Waals surface area contributed by atoms with E-state index < -0.39 is 30.1 Å². The summed E-state index contributed by atoms with van der Waals surface area (Å²) in [5.41, 5.74) is 7.48. The van der Waals surface area contributed by atoms with Gasteiger partial charge in [-0.3, -0.25) is 9.48 Å². The fraction of sp³-hybridized carbons (Fsp3) is 0.522. The number of esters is 1. The van der Waals surface area contributed by atoms with E-state index in [9.17, 15) is 22.8 Å². The SMILES string of the molecule is CCOC(=O)c1nn(CCCc2ccccc2)c2c1CN(C(=O)C1CC(C(F)(F)F)NN1)CC2. The third kappa shape index (κ3) is 5.25. The molecule has 184 valence electrons. The van der Waals surface area contributed by atoms with Gasteiger partial charge in [0, 0.05) is 37.3 Å². The number of halogens is 3. The van der Waals surface area contributed by atoms with Gasteiger partial charge in [-0.05, 0) is 31.7 Å². The summed E-state index contributed by atoms with van der Waals surface area (Å²) in [7, 11) is 0. The van der Waals surface area contributed by atoms with Crippen molar-refractivity contribution in [1.29, 1.82) is 0 Å². The van der Waals surface area contributed by atoms with Gasteiger partial charge >= 0.3 is 12.1 Å². The van der Waals surface area contributed by atoms with Crippen LogP contribution in [0.5, 0.6) is 0 Å². The Labute approximate surface area is 195 Å². The Morgan fingerprint density at radius 1 is 1.21 bits per heavy atom. The van der Waals surface area contributed by atoms with Crippen molar-refractivity contribution in [3.8, 4) is 0 Å². The van der Waals surface area contributed by atoms with Crippen LogP contribution >= 0.6 is 0 Å². The summed E-state index contributed by atoms with van der Waals surface area (Å²) in [4.78, 5) is 27.0. The molecule has 11 heteroatoms. The summed E-state index contributed by atoms with van der Waals surface area (Å²) in [6.07, 6.45) is -2.68. The Balaban J connectivity index is 1.48. The number of carbonyl (C=O) groups is 2. The minimum absolute atomic E-state index is 0.107. The molecule has 0 radical (unpaired) electrons. The lowest BCUT2D eigenvalue weighted by Crippen LogP contribution is -2.47. The third-order valence-corrected chi connectivity index (χ3v) is 6.19. The predicted molar refractivity (Wildman–Crippen MR) is 117 cm³/mol. The Morgan fingerprint density at radius 2 is 1.97 bits per heavy atom. The molecule has 8 nitrogen and oxygen atoms in total. The molecule has 2 aliphatic rings. The first-order valence-corrected chi connectivity index (χ1v) is 11.4. The lowest BCUT2D eigenvalue weighted by molar-refractivity contribution is -0.153. The normalized spacial score (nSPS) is 20.3. The van der Waals surface area contributed by atoms with Crippen LogP contribution in [0.2, 0.25) is 0 Å². The summed E-state index contributed by atoms with van der Waals surface area (Å²) < 4.78 is 45.9. The van der Waals surface area contributed by atoms with Gasteiger partial charge in [-0.2, -0.15) is 18.3 Å². The molecule has 0 bridgehead atoms. The molecule has 2 atom stereocenters. The average molecular weight is 480 g/mol. The van der Waals surface area contributed by atoms with Crippen LogP contribution in [0.1, 0.15) is 47.1 Å². The number of hydrogen-bond donors (Lipinski definition) is 2. The maximum atomic E-state index is 13.0. The highest BCUT2D eigenvalue weighted by molar-refractivity contribution is 5.90. The number of amides is 1. The number of fused-ring (bicyclic) bond motifs is 1. The molecule has 0 spiro atoms. The van der Waals surface area contributed by atoms with Crippen LogP contribution in [-0.2, 0) is 35.5 Å². The van der Waals surface area contributed by atoms with Gasteiger partial charge in [0.05, 0.1) is 6.61 Å². The molecular formula is C23H28F3N5O3. The molecule has 1 saturated heterocycles. The largest absolute Gasteiger partial charge is 0.461 e. The van der Waals surface area contributed by atoms with Crippen LogP contribution < -0.4 is 10.9 Å². The molecule has 2 unspecified atom stereocenters. The van der Waals surface area contributed by atoms with Crippen molar-refractivity contribution in [3.63, 3.8) is 0 Å². The van der Waals surface area contributed by atoms with Crippen LogP contribution in [0.15, 0.2) is 30.3 Å². The molecule has 2 aliphatic heterocycles. The lowest BCUT2D eigenvalue weighted by atomic mass is 10.0. The van der Waals surface area contributed by atoms with Crippen molar-refractivity contribution in [2.75, 3.05) is 13.2 Å². The minimum Gasteiger partial charge on any atom is -0.461 e. The van der Waals surface area contributed by atoms with Gasteiger partial charge in [-0.15, -0.1) is 0 Å². The number of hydrogen-bond acceptors (Lipinski definition) is 6. The number of aryl methyl sites for hydroxylation is 2. The first kappa shape index (κ1) is 24.2. The topological polar surface area (TPSA) is 88.5 Å². The van der Waals surface area contributed by atoms with Crippen molar-refractivity contribution < 1.29 is 27.5 Å². The second-order valence-electron chi connectivity index (χ2n) is 8.49. The summed E-state index contributed by atoms with van der Waals surface area (Å²) in [5.74, 6) is -0.996. The van der Waals surface area contributed by atoms with Gasteiger partial charge in [0.15, 0.2) is 5.69 Å². The van der Waals surface area contributed by atoms with E-state index in [-0.39, 0.29) is 25.3 Å². The van der Waals surface area contributed by atoms with E-state index in [1.165, 1.54) is 10.5 Å². The average Bonchev–Trinajstić information content (AvgIpc) is 3.45. The summed E-state index contributed by atoms with van der Waals surface area (Å²) in [6.45, 7) is 2.94. The second kappa shape index (κ2) is 10.1. The number of carbonyl (C=O) groups excluding carboxylic acids is 2. The first-order chi connectivity index (χ1) is 16.3. The smallest absolute Gasteiger partial charge is 0.405 e. The molecule has 3 heterocycles. The number of hydrazine groups is 1. The number of nitrogens with one attached hydrogen (secondary N) is 2. The van der Waals surface area contributed by atoms with Crippen molar-refractivity contribution >= 4 is 11.9 Å². The molecule has 1 fully saturated rings. The zero-order valence-corrected chi connectivity index (χ0v) is 18.9. The van der Waals surface area contributed by atoms with E-state index in [0.29, 0.717) is 25.1 Å². The number of ether oxygens (including phenoxy) is 1. The van der Waals surface area contributed by atoms with Gasteiger partial charge in [0.2, 0.25) is 5.91 Å². The number of rotatable bonds is 7. The maximum absolute atomic E-state index is 13.0. The monoisotopic (exact) mass is 479 g/mol. The quantitative estimate of drug-likeness (QED) is 0.593. The minimum atomic E-state index is -4.44. The molecule has 1 amide bonds. The highest BCUT2D eigenvalue weighted by Crippen LogP contribution is 2.28. The fourth-order valence-corrected chi connectivity index (χ4v) is 4.46. The van der Waals surface area contributed by atoms with Crippen LogP contribution in [-0.4, -0.2) is 58.0 Å². The van der Waals surface area contributed by atoms with Gasteiger partial charge in [-0.25, -0.2) is 15.6 Å². The Kier molecular flexibility index (Phi) is 7.22. The fourth-order valence-electron chi connectivity index (χ4n) is 4.46. The molecule has 1 aromatic heterocycles. The number of benzene rings is 1. The van der Waals surface area contributed by atoms with Crippen molar-refractivity contribution in [1.82, 2.24) is 25.5 Å². The van der Waals surface area contributed by atoms with Gasteiger partial charge in [0.1, 0.15) is 12.1 Å². The Bertz CT molecular complexity index is 1020. The molecular weight excluding hydrogens is 451 g/mol. The van der Waals surface area contributed by atoms with E-state index in [4.69, 9.17) is 4.74 Å². The zero-order valence-electron chi connectivity index (χ0n) is 18.9. The Hall–Kier alpha value is -2.92. The van der Waals surface area contributed by atoms with Crippen LogP contribution in [0, 0.1) is 0 Å². The van der Waals surface area contributed by atoms with Crippen LogP contribution in [0.25, 0.3) is 0 Å². The highest BCUT2D eigenvalue weighted by atomic mass is 19.4. The zero-order chi connectivity index (χ0) is 24.3. The number of aromatic nitrogens is 2. The summed E-state index contributed by atoms with van der Waals surface area (Å²) in [6, 6.07) is 7.29. The van der Waals surface area contributed by atoms with E-state index >= 15 is 0 Å². The molecule has 0 aliphatic carbocycles. The highest BCUT2D eigenvalue weighted by Gasteiger charge is 2.47. The van der Waals surface area contributed by atoms with E-state index in [0.717, 1.165) is 18.5 Å². The standard InChI is InChI=1S/C23H28F3N5O3/c1-2-34-22(33)20-16-14-30(21(32)17-13-19(28-27-17)23(24,25)26)12-10-18(16)31(29-20)11-6-9-15-7-4-3-5-8-15/h3-5,7-8,17,19,27-28H,2,6,9-14H2,1H3. The van der Waals surface area contributed by atoms with Gasteiger partial charge < -0.3 is 9.64 Å². The van der Waals surface area contributed by atoms with E-state index in [1.54, 1.807) is 11.6 Å². The molecule has 34 heavy (non-hydrogen) atoms. The molecule has 1 aromatic carbocycles. The number of nitrogens with zero attached hydrogens (tertiary/aromatic N) is 3. The van der Waals surface area contributed by atoms with Gasteiger partial charge in [-0.1, -0.05) is 30.3 Å². The van der Waals surface area contributed by atoms with E-state index in [1.807, 2.05) is 18.2 Å². The second-order valence-corrected chi connectivity index (χ2v) is 8.49. The molecule has 4 rings (SSSR count). The molecule has 0 saturated carbocycles. The maximum Gasteiger partial charge on any atom is 0.405 e. The van der Waals surface area contributed by atoms with E-state index in [2.05, 4.69) is 28.1 Å². The lowest BCUT2D eigenvalue weighted by Gasteiger charge is -2.30. The third-order valence-electron chi connectivity index (χ3n) is 6.19.